The molecule has 2 heteroatoms. The number of nitrogens with zero attached hydrogens (tertiary/aromatic N) is 1. The number of hydrogen-bond acceptors (Lipinski definition) is 2. The molecule has 2 nitrogen and oxygen atoms in total. The molecule has 0 aliphatic rings. The maximum atomic E-state index is 8.90. The summed E-state index contributed by atoms with van der Waals surface area (Å²) in [6.07, 6.45) is 1.83. The van der Waals surface area contributed by atoms with Crippen LogP contribution in [0.5, 0.6) is 0 Å². The molecule has 0 atom stereocenters. The maximum absolute atomic E-state index is 8.90. The SMILES string of the molecule is OCCCCN(c1ccccc1)c1ccccc1. The van der Waals surface area contributed by atoms with Crippen LogP contribution in [0.2, 0.25) is 0 Å². The highest BCUT2D eigenvalue weighted by atomic mass is 16.2. The zero-order valence-electron chi connectivity index (χ0n) is 10.5. The summed E-state index contributed by atoms with van der Waals surface area (Å²) in [5.41, 5.74) is 2.39. The van der Waals surface area contributed by atoms with Gasteiger partial charge < -0.3 is 10.0 Å². The van der Waals surface area contributed by atoms with Crippen molar-refractivity contribution >= 4 is 11.4 Å². The van der Waals surface area contributed by atoms with Gasteiger partial charge in [0.05, 0.1) is 0 Å². The van der Waals surface area contributed by atoms with Gasteiger partial charge in [-0.1, -0.05) is 36.4 Å². The lowest BCUT2D eigenvalue weighted by Gasteiger charge is -2.25. The fraction of sp³-hybridized carbons (Fsp3) is 0.250. The highest BCUT2D eigenvalue weighted by molar-refractivity contribution is 5.62. The molecule has 2 rings (SSSR count). The number of anilines is 2. The number of unbranched alkanes of at least 4 members (excludes halogenated alkanes) is 1. The van der Waals surface area contributed by atoms with E-state index in [4.69, 9.17) is 5.11 Å². The third-order valence-electron chi connectivity index (χ3n) is 2.93. The maximum Gasteiger partial charge on any atom is 0.0431 e. The van der Waals surface area contributed by atoms with Gasteiger partial charge >= 0.3 is 0 Å². The third-order valence-corrected chi connectivity index (χ3v) is 2.93. The molecule has 18 heavy (non-hydrogen) atoms. The largest absolute Gasteiger partial charge is 0.396 e. The van der Waals surface area contributed by atoms with Crippen molar-refractivity contribution in [1.29, 1.82) is 0 Å². The Morgan fingerprint density at radius 3 is 1.67 bits per heavy atom. The summed E-state index contributed by atoms with van der Waals surface area (Å²) in [6, 6.07) is 20.7. The monoisotopic (exact) mass is 241 g/mol. The van der Waals surface area contributed by atoms with E-state index in [9.17, 15) is 0 Å². The van der Waals surface area contributed by atoms with E-state index in [1.807, 2.05) is 12.1 Å². The predicted molar refractivity (Wildman–Crippen MR) is 76.2 cm³/mol. The number of para-hydroxylation sites is 2. The normalized spacial score (nSPS) is 10.3. The Morgan fingerprint density at radius 1 is 0.722 bits per heavy atom. The predicted octanol–water partition coefficient (Wildman–Crippen LogP) is 3.60. The van der Waals surface area contributed by atoms with E-state index in [-0.39, 0.29) is 6.61 Å². The Hall–Kier alpha value is -1.80. The van der Waals surface area contributed by atoms with E-state index in [1.165, 1.54) is 11.4 Å². The van der Waals surface area contributed by atoms with Gasteiger partial charge in [-0.2, -0.15) is 0 Å². The zero-order valence-corrected chi connectivity index (χ0v) is 10.5. The minimum absolute atomic E-state index is 0.261. The van der Waals surface area contributed by atoms with Crippen LogP contribution in [0.3, 0.4) is 0 Å². The quantitative estimate of drug-likeness (QED) is 0.781. The van der Waals surface area contributed by atoms with Gasteiger partial charge in [-0.05, 0) is 37.1 Å². The molecular weight excluding hydrogens is 222 g/mol. The Balaban J connectivity index is 2.18. The number of benzene rings is 2. The zero-order chi connectivity index (χ0) is 12.6. The van der Waals surface area contributed by atoms with Crippen LogP contribution >= 0.6 is 0 Å². The van der Waals surface area contributed by atoms with Crippen molar-refractivity contribution in [2.24, 2.45) is 0 Å². The van der Waals surface area contributed by atoms with E-state index in [2.05, 4.69) is 53.4 Å². The number of aliphatic hydroxyl groups is 1. The lowest BCUT2D eigenvalue weighted by molar-refractivity contribution is 0.285. The van der Waals surface area contributed by atoms with Crippen molar-refractivity contribution in [2.45, 2.75) is 12.8 Å². The van der Waals surface area contributed by atoms with Gasteiger partial charge in [-0.15, -0.1) is 0 Å². The molecule has 0 aliphatic heterocycles. The summed E-state index contributed by atoms with van der Waals surface area (Å²) in [6.45, 7) is 1.19. The van der Waals surface area contributed by atoms with Crippen LogP contribution < -0.4 is 4.90 Å². The van der Waals surface area contributed by atoms with E-state index in [0.717, 1.165) is 19.4 Å². The molecular formula is C16H19NO. The summed E-state index contributed by atoms with van der Waals surface area (Å²) < 4.78 is 0. The molecule has 0 bridgehead atoms. The van der Waals surface area contributed by atoms with Gasteiger partial charge in [-0.3, -0.25) is 0 Å². The van der Waals surface area contributed by atoms with Crippen LogP contribution in [-0.4, -0.2) is 18.3 Å². The van der Waals surface area contributed by atoms with Crippen LogP contribution in [0.1, 0.15) is 12.8 Å². The first-order chi connectivity index (χ1) is 8.92. The first-order valence-corrected chi connectivity index (χ1v) is 6.40. The summed E-state index contributed by atoms with van der Waals surface area (Å²) in [4.78, 5) is 2.29. The van der Waals surface area contributed by atoms with Gasteiger partial charge in [0.2, 0.25) is 0 Å². The Labute approximate surface area is 109 Å². The van der Waals surface area contributed by atoms with Crippen molar-refractivity contribution in [1.82, 2.24) is 0 Å². The Kier molecular flexibility index (Phi) is 4.79. The molecule has 0 aromatic heterocycles. The van der Waals surface area contributed by atoms with Gasteiger partial charge in [0.15, 0.2) is 0 Å². The van der Waals surface area contributed by atoms with Crippen LogP contribution in [-0.2, 0) is 0 Å². The summed E-state index contributed by atoms with van der Waals surface area (Å²) in [5, 5.41) is 8.90. The highest BCUT2D eigenvalue weighted by Gasteiger charge is 2.07. The number of aliphatic hydroxyl groups excluding tert-OH is 1. The second-order valence-corrected chi connectivity index (χ2v) is 4.25. The summed E-state index contributed by atoms with van der Waals surface area (Å²) in [5.74, 6) is 0. The molecule has 0 spiro atoms. The van der Waals surface area contributed by atoms with Gasteiger partial charge in [0.1, 0.15) is 0 Å². The number of hydrogen-bond donors (Lipinski definition) is 1. The molecule has 0 fully saturated rings. The molecule has 94 valence electrons. The number of rotatable bonds is 6. The smallest absolute Gasteiger partial charge is 0.0431 e. The van der Waals surface area contributed by atoms with Gasteiger partial charge in [-0.25, -0.2) is 0 Å². The van der Waals surface area contributed by atoms with Crippen molar-refractivity contribution in [3.8, 4) is 0 Å². The van der Waals surface area contributed by atoms with E-state index in [0.29, 0.717) is 0 Å². The molecule has 2 aromatic rings. The van der Waals surface area contributed by atoms with E-state index >= 15 is 0 Å². The molecule has 0 heterocycles. The molecule has 2 aromatic carbocycles. The van der Waals surface area contributed by atoms with Crippen molar-refractivity contribution in [3.05, 3.63) is 60.7 Å². The summed E-state index contributed by atoms with van der Waals surface area (Å²) in [7, 11) is 0. The van der Waals surface area contributed by atoms with Gasteiger partial charge in [0, 0.05) is 24.5 Å². The first kappa shape index (κ1) is 12.7. The highest BCUT2D eigenvalue weighted by Crippen LogP contribution is 2.24. The average Bonchev–Trinajstić information content (AvgIpc) is 2.46. The van der Waals surface area contributed by atoms with Crippen molar-refractivity contribution in [2.75, 3.05) is 18.1 Å². The molecule has 0 radical (unpaired) electrons. The Bertz CT molecular complexity index is 402. The van der Waals surface area contributed by atoms with Crippen LogP contribution in [0.15, 0.2) is 60.7 Å². The minimum Gasteiger partial charge on any atom is -0.396 e. The fourth-order valence-electron chi connectivity index (χ4n) is 2.00. The summed E-state index contributed by atoms with van der Waals surface area (Å²) >= 11 is 0. The lowest BCUT2D eigenvalue weighted by atomic mass is 10.2. The molecule has 0 amide bonds. The lowest BCUT2D eigenvalue weighted by Crippen LogP contribution is -2.18. The van der Waals surface area contributed by atoms with Crippen molar-refractivity contribution in [3.63, 3.8) is 0 Å². The van der Waals surface area contributed by atoms with Gasteiger partial charge in [0.25, 0.3) is 0 Å². The third kappa shape index (κ3) is 3.34. The van der Waals surface area contributed by atoms with Crippen molar-refractivity contribution < 1.29 is 5.11 Å². The fourth-order valence-corrected chi connectivity index (χ4v) is 2.00. The molecule has 0 aliphatic carbocycles. The Morgan fingerprint density at radius 2 is 1.22 bits per heavy atom. The average molecular weight is 241 g/mol. The van der Waals surface area contributed by atoms with E-state index < -0.39 is 0 Å². The van der Waals surface area contributed by atoms with Crippen LogP contribution in [0.25, 0.3) is 0 Å². The molecule has 1 N–H and O–H groups in total. The minimum atomic E-state index is 0.261. The molecule has 0 saturated heterocycles. The second kappa shape index (κ2) is 6.82. The topological polar surface area (TPSA) is 23.5 Å². The molecule has 0 saturated carbocycles. The van der Waals surface area contributed by atoms with Crippen LogP contribution in [0.4, 0.5) is 11.4 Å². The van der Waals surface area contributed by atoms with E-state index in [1.54, 1.807) is 0 Å². The first-order valence-electron chi connectivity index (χ1n) is 6.40. The second-order valence-electron chi connectivity index (χ2n) is 4.25. The standard InChI is InChI=1S/C16H19NO/c18-14-8-7-13-17(15-9-3-1-4-10-15)16-11-5-2-6-12-16/h1-6,9-12,18H,7-8,13-14H2. The molecule has 0 unspecified atom stereocenters. The van der Waals surface area contributed by atoms with Crippen LogP contribution in [0, 0.1) is 0 Å².